The first kappa shape index (κ1) is 20.4. The van der Waals surface area contributed by atoms with Crippen molar-refractivity contribution in [1.29, 1.82) is 0 Å². The molecule has 0 radical (unpaired) electrons. The Morgan fingerprint density at radius 2 is 2.00 bits per heavy atom. The lowest BCUT2D eigenvalue weighted by Crippen LogP contribution is -2.53. The largest absolute Gasteiger partial charge is 0.390 e. The lowest BCUT2D eigenvalue weighted by Gasteiger charge is -2.37. The van der Waals surface area contributed by atoms with Crippen LogP contribution in [0.2, 0.25) is 0 Å². The number of hydrogen-bond acceptors (Lipinski definition) is 7. The fourth-order valence-corrected chi connectivity index (χ4v) is 6.02. The van der Waals surface area contributed by atoms with Crippen molar-refractivity contribution >= 4 is 39.9 Å². The number of thiophene rings is 1. The van der Waals surface area contributed by atoms with Crippen molar-refractivity contribution in [1.82, 2.24) is 5.32 Å². The number of amides is 1. The van der Waals surface area contributed by atoms with E-state index in [4.69, 9.17) is 0 Å². The van der Waals surface area contributed by atoms with Gasteiger partial charge in [0.1, 0.15) is 6.10 Å². The van der Waals surface area contributed by atoms with Crippen LogP contribution in [0.1, 0.15) is 22.4 Å². The number of aryl methyl sites for hydroxylation is 2. The summed E-state index contributed by atoms with van der Waals surface area (Å²) in [4.78, 5) is 18.6. The molecule has 5 unspecified atom stereocenters. The average molecular weight is 432 g/mol. The third-order valence-electron chi connectivity index (χ3n) is 5.31. The molecule has 0 spiro atoms. The molecule has 2 heterocycles. The average Bonchev–Trinajstić information content (AvgIpc) is 3.31. The highest BCUT2D eigenvalue weighted by Gasteiger charge is 2.50. The third-order valence-corrected chi connectivity index (χ3v) is 7.50. The van der Waals surface area contributed by atoms with Gasteiger partial charge in [-0.15, -0.1) is 11.3 Å². The molecule has 8 heteroatoms. The van der Waals surface area contributed by atoms with Crippen LogP contribution in [0.4, 0.5) is 5.69 Å². The molecule has 4 rings (SSSR count). The highest BCUT2D eigenvalue weighted by Crippen LogP contribution is 2.41. The summed E-state index contributed by atoms with van der Waals surface area (Å²) >= 11 is 3.07. The van der Waals surface area contributed by atoms with Gasteiger partial charge in [-0.3, -0.25) is 9.79 Å². The maximum atomic E-state index is 12.9. The van der Waals surface area contributed by atoms with E-state index in [1.54, 1.807) is 11.3 Å². The zero-order valence-electron chi connectivity index (χ0n) is 16.3. The van der Waals surface area contributed by atoms with Crippen LogP contribution < -0.4 is 10.6 Å². The number of aliphatic hydroxyl groups excluding tert-OH is 2. The van der Waals surface area contributed by atoms with Gasteiger partial charge < -0.3 is 20.8 Å². The van der Waals surface area contributed by atoms with E-state index in [0.717, 1.165) is 21.7 Å². The minimum atomic E-state index is -0.965. The van der Waals surface area contributed by atoms with Gasteiger partial charge in [0.25, 0.3) is 0 Å². The fourth-order valence-electron chi connectivity index (χ4n) is 4.00. The lowest BCUT2D eigenvalue weighted by molar-refractivity contribution is -0.129. The third kappa shape index (κ3) is 4.50. The predicted octanol–water partition coefficient (Wildman–Crippen LogP) is 2.67. The monoisotopic (exact) mass is 431 g/mol. The molecule has 6 nitrogen and oxygen atoms in total. The molecule has 1 saturated carbocycles. The Hall–Kier alpha value is -1.87. The number of aliphatic hydroxyl groups is 2. The van der Waals surface area contributed by atoms with E-state index in [2.05, 4.69) is 21.7 Å². The SMILES string of the molecule is Cc1cc(C)cc(NC2=NC3C(O)C(O)CC(C(=O)NCc4cccs4)C3S2)c1. The van der Waals surface area contributed by atoms with E-state index >= 15 is 0 Å². The summed E-state index contributed by atoms with van der Waals surface area (Å²) in [6.07, 6.45) is -1.69. The van der Waals surface area contributed by atoms with Crippen LogP contribution in [-0.2, 0) is 11.3 Å². The number of rotatable bonds is 4. The summed E-state index contributed by atoms with van der Waals surface area (Å²) < 4.78 is 0. The van der Waals surface area contributed by atoms with Gasteiger partial charge in [0.2, 0.25) is 5.91 Å². The Bertz CT molecular complexity index is 896. The number of fused-ring (bicyclic) bond motifs is 1. The second-order valence-corrected chi connectivity index (χ2v) is 9.90. The number of nitrogens with one attached hydrogen (secondary N) is 2. The van der Waals surface area contributed by atoms with Crippen LogP contribution in [0.5, 0.6) is 0 Å². The van der Waals surface area contributed by atoms with Gasteiger partial charge in [-0.1, -0.05) is 23.9 Å². The molecular weight excluding hydrogens is 406 g/mol. The van der Waals surface area contributed by atoms with Crippen molar-refractivity contribution < 1.29 is 15.0 Å². The Balaban J connectivity index is 1.47. The number of nitrogens with zero attached hydrogens (tertiary/aromatic N) is 1. The molecule has 1 aromatic heterocycles. The summed E-state index contributed by atoms with van der Waals surface area (Å²) in [6, 6.07) is 9.60. The fraction of sp³-hybridized carbons (Fsp3) is 0.429. The van der Waals surface area contributed by atoms with Crippen molar-refractivity contribution in [2.24, 2.45) is 10.9 Å². The van der Waals surface area contributed by atoms with Gasteiger partial charge in [-0.25, -0.2) is 0 Å². The maximum absolute atomic E-state index is 12.9. The van der Waals surface area contributed by atoms with Crippen molar-refractivity contribution in [3.05, 3.63) is 51.7 Å². The summed E-state index contributed by atoms with van der Waals surface area (Å²) in [5, 5.41) is 29.5. The van der Waals surface area contributed by atoms with Crippen molar-refractivity contribution in [2.45, 2.75) is 50.3 Å². The zero-order chi connectivity index (χ0) is 20.5. The highest BCUT2D eigenvalue weighted by molar-refractivity contribution is 8.15. The van der Waals surface area contributed by atoms with E-state index in [1.807, 2.05) is 43.5 Å². The van der Waals surface area contributed by atoms with Crippen LogP contribution >= 0.6 is 23.1 Å². The molecule has 1 aliphatic heterocycles. The normalized spacial score (nSPS) is 28.6. The molecule has 29 heavy (non-hydrogen) atoms. The van der Waals surface area contributed by atoms with Crippen LogP contribution in [-0.4, -0.2) is 44.8 Å². The molecule has 1 fully saturated rings. The highest BCUT2D eigenvalue weighted by atomic mass is 32.2. The molecule has 5 atom stereocenters. The molecule has 0 saturated heterocycles. The number of benzene rings is 1. The first-order chi connectivity index (χ1) is 13.9. The molecule has 154 valence electrons. The Morgan fingerprint density at radius 1 is 1.24 bits per heavy atom. The van der Waals surface area contributed by atoms with Gasteiger partial charge in [0, 0.05) is 15.8 Å². The second kappa shape index (κ2) is 8.47. The van der Waals surface area contributed by atoms with Gasteiger partial charge >= 0.3 is 0 Å². The first-order valence-corrected chi connectivity index (χ1v) is 11.4. The van der Waals surface area contributed by atoms with Gasteiger partial charge in [-0.05, 0) is 55.0 Å². The standard InChI is InChI=1S/C21H25N3O3S2/c1-11-6-12(2)8-13(7-11)23-21-24-17-18(26)16(25)9-15(19(17)29-21)20(27)22-10-14-4-3-5-28-14/h3-8,15-19,25-26H,9-10H2,1-2H3,(H,22,27)(H,23,24). The smallest absolute Gasteiger partial charge is 0.224 e. The number of aliphatic imine (C=N–C) groups is 1. The molecule has 1 amide bonds. The molecule has 1 aliphatic carbocycles. The van der Waals surface area contributed by atoms with E-state index in [9.17, 15) is 15.0 Å². The Morgan fingerprint density at radius 3 is 2.69 bits per heavy atom. The molecule has 1 aromatic carbocycles. The summed E-state index contributed by atoms with van der Waals surface area (Å²) in [6.45, 7) is 4.55. The van der Waals surface area contributed by atoms with E-state index in [1.165, 1.54) is 11.8 Å². The number of hydrogen-bond donors (Lipinski definition) is 4. The second-order valence-electron chi connectivity index (χ2n) is 7.71. The summed E-state index contributed by atoms with van der Waals surface area (Å²) in [5.41, 5.74) is 3.23. The lowest BCUT2D eigenvalue weighted by atomic mass is 9.81. The molecular formula is C21H25N3O3S2. The quantitative estimate of drug-likeness (QED) is 0.597. The topological polar surface area (TPSA) is 94.0 Å². The predicted molar refractivity (Wildman–Crippen MR) is 118 cm³/mol. The Kier molecular flexibility index (Phi) is 5.96. The van der Waals surface area contributed by atoms with Crippen molar-refractivity contribution in [3.63, 3.8) is 0 Å². The first-order valence-electron chi connectivity index (χ1n) is 9.66. The molecule has 4 N–H and O–H groups in total. The van der Waals surface area contributed by atoms with E-state index in [0.29, 0.717) is 11.7 Å². The summed E-state index contributed by atoms with van der Waals surface area (Å²) in [5.74, 6) is -0.514. The van der Waals surface area contributed by atoms with E-state index in [-0.39, 0.29) is 17.6 Å². The minimum Gasteiger partial charge on any atom is -0.390 e. The van der Waals surface area contributed by atoms with Crippen LogP contribution in [0.25, 0.3) is 0 Å². The van der Waals surface area contributed by atoms with Gasteiger partial charge in [0.05, 0.1) is 24.6 Å². The number of carbonyl (C=O) groups is 1. The van der Waals surface area contributed by atoms with Gasteiger partial charge in [-0.2, -0.15) is 0 Å². The number of amidine groups is 1. The van der Waals surface area contributed by atoms with Crippen LogP contribution in [0.3, 0.4) is 0 Å². The van der Waals surface area contributed by atoms with Crippen molar-refractivity contribution in [3.8, 4) is 0 Å². The van der Waals surface area contributed by atoms with Crippen LogP contribution in [0.15, 0.2) is 40.7 Å². The number of thioether (sulfide) groups is 1. The molecule has 0 bridgehead atoms. The zero-order valence-corrected chi connectivity index (χ0v) is 18.0. The van der Waals surface area contributed by atoms with Crippen LogP contribution in [0, 0.1) is 19.8 Å². The molecule has 2 aliphatic rings. The number of anilines is 1. The number of carbonyl (C=O) groups excluding carboxylic acids is 1. The van der Waals surface area contributed by atoms with Gasteiger partial charge in [0.15, 0.2) is 5.17 Å². The van der Waals surface area contributed by atoms with Crippen molar-refractivity contribution in [2.75, 3.05) is 5.32 Å². The molecule has 2 aromatic rings. The van der Waals surface area contributed by atoms with E-state index < -0.39 is 24.2 Å². The minimum absolute atomic E-state index is 0.102. The maximum Gasteiger partial charge on any atom is 0.224 e. The Labute approximate surface area is 178 Å². The summed E-state index contributed by atoms with van der Waals surface area (Å²) in [7, 11) is 0.